The molecule has 0 aromatic carbocycles. The van der Waals surface area contributed by atoms with E-state index >= 15 is 0 Å². The number of hydrogen-bond donors (Lipinski definition) is 2. The number of amidine groups is 1. The van der Waals surface area contributed by atoms with Crippen LogP contribution >= 0.6 is 0 Å². The van der Waals surface area contributed by atoms with Crippen LogP contribution in [0.1, 0.15) is 38.5 Å². The first-order chi connectivity index (χ1) is 6.85. The van der Waals surface area contributed by atoms with Crippen molar-refractivity contribution in [2.45, 2.75) is 38.5 Å². The van der Waals surface area contributed by atoms with Crippen LogP contribution in [0, 0.1) is 5.41 Å². The summed E-state index contributed by atoms with van der Waals surface area (Å²) in [6.07, 6.45) is 7.24. The Labute approximate surface area is 85.6 Å². The van der Waals surface area contributed by atoms with Crippen molar-refractivity contribution in [1.82, 2.24) is 5.32 Å². The van der Waals surface area contributed by atoms with E-state index in [9.17, 15) is 0 Å². The molecule has 0 bridgehead atoms. The van der Waals surface area contributed by atoms with Crippen molar-refractivity contribution in [1.29, 1.82) is 0 Å². The van der Waals surface area contributed by atoms with Gasteiger partial charge in [0, 0.05) is 24.9 Å². The van der Waals surface area contributed by atoms with Gasteiger partial charge in [-0.1, -0.05) is 6.42 Å². The van der Waals surface area contributed by atoms with Gasteiger partial charge in [-0.25, -0.2) is 0 Å². The molecule has 0 radical (unpaired) electrons. The predicted octanol–water partition coefficient (Wildman–Crippen LogP) is 1.32. The van der Waals surface area contributed by atoms with Crippen molar-refractivity contribution in [3.8, 4) is 0 Å². The van der Waals surface area contributed by atoms with Gasteiger partial charge >= 0.3 is 0 Å². The van der Waals surface area contributed by atoms with Crippen molar-refractivity contribution in [2.24, 2.45) is 10.4 Å². The molecule has 0 atom stereocenters. The SMILES string of the molecule is OCC1(CNC2=NCCCCC2)CC1. The number of nitrogens with one attached hydrogen (secondary N) is 1. The van der Waals surface area contributed by atoms with Crippen LogP contribution < -0.4 is 5.32 Å². The Hall–Kier alpha value is -0.570. The fourth-order valence-electron chi connectivity index (χ4n) is 1.88. The molecule has 0 aromatic heterocycles. The molecular formula is C11H20N2O. The van der Waals surface area contributed by atoms with E-state index in [1.807, 2.05) is 0 Å². The zero-order chi connectivity index (χ0) is 9.86. The average molecular weight is 196 g/mol. The Bertz CT molecular complexity index is 221. The topological polar surface area (TPSA) is 44.6 Å². The smallest absolute Gasteiger partial charge is 0.0963 e. The maximum Gasteiger partial charge on any atom is 0.0963 e. The van der Waals surface area contributed by atoms with Gasteiger partial charge in [-0.3, -0.25) is 4.99 Å². The number of hydrogen-bond acceptors (Lipinski definition) is 3. The second-order valence-electron chi connectivity index (χ2n) is 4.65. The summed E-state index contributed by atoms with van der Waals surface area (Å²) < 4.78 is 0. The van der Waals surface area contributed by atoms with Crippen molar-refractivity contribution >= 4 is 5.84 Å². The molecule has 14 heavy (non-hydrogen) atoms. The number of aliphatic hydroxyl groups is 1. The molecule has 1 aliphatic carbocycles. The third-order valence-electron chi connectivity index (χ3n) is 3.33. The van der Waals surface area contributed by atoms with Crippen LogP contribution in [0.15, 0.2) is 4.99 Å². The van der Waals surface area contributed by atoms with E-state index in [2.05, 4.69) is 10.3 Å². The van der Waals surface area contributed by atoms with Crippen LogP contribution in [-0.4, -0.2) is 30.6 Å². The van der Waals surface area contributed by atoms with Crippen LogP contribution in [0.4, 0.5) is 0 Å². The largest absolute Gasteiger partial charge is 0.396 e. The zero-order valence-corrected chi connectivity index (χ0v) is 8.76. The fraction of sp³-hybridized carbons (Fsp3) is 0.909. The van der Waals surface area contributed by atoms with Gasteiger partial charge in [0.05, 0.1) is 12.4 Å². The Morgan fingerprint density at radius 1 is 1.29 bits per heavy atom. The lowest BCUT2D eigenvalue weighted by Crippen LogP contribution is -2.31. The highest BCUT2D eigenvalue weighted by atomic mass is 16.3. The molecule has 2 rings (SSSR count). The standard InChI is InChI=1S/C11H20N2O/c14-9-11(5-6-11)8-13-10-4-2-1-3-7-12-10/h14H,1-9H2,(H,12,13). The van der Waals surface area contributed by atoms with Gasteiger partial charge in [-0.2, -0.15) is 0 Å². The maximum atomic E-state index is 9.16. The molecule has 2 aliphatic rings. The molecule has 0 spiro atoms. The minimum absolute atomic E-state index is 0.203. The summed E-state index contributed by atoms with van der Waals surface area (Å²) in [5.41, 5.74) is 0.203. The summed E-state index contributed by atoms with van der Waals surface area (Å²) >= 11 is 0. The zero-order valence-electron chi connectivity index (χ0n) is 8.76. The van der Waals surface area contributed by atoms with Gasteiger partial charge in [0.25, 0.3) is 0 Å². The van der Waals surface area contributed by atoms with Crippen molar-refractivity contribution < 1.29 is 5.11 Å². The normalized spacial score (nSPS) is 25.1. The molecule has 3 nitrogen and oxygen atoms in total. The Kier molecular flexibility index (Phi) is 3.06. The van der Waals surface area contributed by atoms with E-state index in [-0.39, 0.29) is 5.41 Å². The molecule has 2 N–H and O–H groups in total. The summed E-state index contributed by atoms with van der Waals surface area (Å²) in [6, 6.07) is 0. The van der Waals surface area contributed by atoms with Crippen molar-refractivity contribution in [3.05, 3.63) is 0 Å². The highest BCUT2D eigenvalue weighted by Crippen LogP contribution is 2.44. The Balaban J connectivity index is 1.76. The predicted molar refractivity (Wildman–Crippen MR) is 57.5 cm³/mol. The molecule has 0 aromatic rings. The molecule has 1 fully saturated rings. The van der Waals surface area contributed by atoms with Crippen LogP contribution in [0.25, 0.3) is 0 Å². The minimum atomic E-state index is 0.203. The Morgan fingerprint density at radius 2 is 2.14 bits per heavy atom. The third-order valence-corrected chi connectivity index (χ3v) is 3.33. The van der Waals surface area contributed by atoms with Gasteiger partial charge in [-0.15, -0.1) is 0 Å². The second-order valence-corrected chi connectivity index (χ2v) is 4.65. The molecular weight excluding hydrogens is 176 g/mol. The van der Waals surface area contributed by atoms with Gasteiger partial charge in [-0.05, 0) is 25.7 Å². The maximum absolute atomic E-state index is 9.16. The van der Waals surface area contributed by atoms with Gasteiger partial charge in [0.2, 0.25) is 0 Å². The summed E-state index contributed by atoms with van der Waals surface area (Å²) in [5.74, 6) is 1.17. The van der Waals surface area contributed by atoms with Crippen LogP contribution in [0.2, 0.25) is 0 Å². The lowest BCUT2D eigenvalue weighted by Gasteiger charge is -2.14. The Morgan fingerprint density at radius 3 is 2.86 bits per heavy atom. The molecule has 0 saturated heterocycles. The molecule has 0 unspecified atom stereocenters. The number of nitrogens with zero attached hydrogens (tertiary/aromatic N) is 1. The highest BCUT2D eigenvalue weighted by Gasteiger charge is 2.41. The lowest BCUT2D eigenvalue weighted by molar-refractivity contribution is 0.212. The summed E-state index contributed by atoms with van der Waals surface area (Å²) in [4.78, 5) is 4.51. The first-order valence-electron chi connectivity index (χ1n) is 5.73. The van der Waals surface area contributed by atoms with Gasteiger partial charge < -0.3 is 10.4 Å². The van der Waals surface area contributed by atoms with Gasteiger partial charge in [0.15, 0.2) is 0 Å². The third kappa shape index (κ3) is 2.47. The molecule has 1 aliphatic heterocycles. The molecule has 3 heteroatoms. The lowest BCUT2D eigenvalue weighted by atomic mass is 10.1. The summed E-state index contributed by atoms with van der Waals surface area (Å²) in [5, 5.41) is 12.6. The van der Waals surface area contributed by atoms with E-state index in [1.165, 1.54) is 37.9 Å². The second kappa shape index (κ2) is 4.30. The number of aliphatic hydroxyl groups excluding tert-OH is 1. The quantitative estimate of drug-likeness (QED) is 0.715. The average Bonchev–Trinajstić information content (AvgIpc) is 3.01. The summed E-state index contributed by atoms with van der Waals surface area (Å²) in [7, 11) is 0. The van der Waals surface area contributed by atoms with E-state index in [4.69, 9.17) is 5.11 Å². The van der Waals surface area contributed by atoms with E-state index in [0.29, 0.717) is 6.61 Å². The number of rotatable bonds is 3. The van der Waals surface area contributed by atoms with Crippen LogP contribution in [0.3, 0.4) is 0 Å². The molecule has 0 amide bonds. The molecule has 1 heterocycles. The summed E-state index contributed by atoms with van der Waals surface area (Å²) in [6.45, 7) is 2.23. The minimum Gasteiger partial charge on any atom is -0.396 e. The van der Waals surface area contributed by atoms with E-state index < -0.39 is 0 Å². The number of aliphatic imine (C=N–C) groups is 1. The van der Waals surface area contributed by atoms with Gasteiger partial charge in [0.1, 0.15) is 0 Å². The van der Waals surface area contributed by atoms with Crippen LogP contribution in [-0.2, 0) is 0 Å². The van der Waals surface area contributed by atoms with Crippen molar-refractivity contribution in [3.63, 3.8) is 0 Å². The monoisotopic (exact) mass is 196 g/mol. The fourth-order valence-corrected chi connectivity index (χ4v) is 1.88. The molecule has 80 valence electrons. The molecule has 1 saturated carbocycles. The first-order valence-corrected chi connectivity index (χ1v) is 5.73. The van der Waals surface area contributed by atoms with E-state index in [0.717, 1.165) is 19.5 Å². The highest BCUT2D eigenvalue weighted by molar-refractivity contribution is 5.82. The van der Waals surface area contributed by atoms with E-state index in [1.54, 1.807) is 0 Å². The van der Waals surface area contributed by atoms with Crippen LogP contribution in [0.5, 0.6) is 0 Å². The first kappa shape index (κ1) is 9.97. The van der Waals surface area contributed by atoms with Crippen molar-refractivity contribution in [2.75, 3.05) is 19.7 Å².